The maximum Gasteiger partial charge on any atom is 0.337 e. The Balaban J connectivity index is 0.000000176. The Morgan fingerprint density at radius 1 is 0.613 bits per heavy atom. The van der Waals surface area contributed by atoms with Crippen LogP contribution in [0.4, 0.5) is 0 Å². The Hall–Kier alpha value is -2.50. The summed E-state index contributed by atoms with van der Waals surface area (Å²) in [6, 6.07) is 38.8. The van der Waals surface area contributed by atoms with Gasteiger partial charge in [-0.1, -0.05) is 126 Å². The number of alkyl halides is 1. The van der Waals surface area contributed by atoms with E-state index in [9.17, 15) is 9.13 Å². The first-order valence-electron chi connectivity index (χ1n) is 9.93. The van der Waals surface area contributed by atoms with Crippen LogP contribution in [0, 0.1) is 0 Å². The Labute approximate surface area is 190 Å². The molecule has 0 amide bonds. The van der Waals surface area contributed by atoms with Crippen molar-refractivity contribution in [2.75, 3.05) is 5.62 Å². The van der Waals surface area contributed by atoms with Crippen LogP contribution in [0.25, 0.3) is 0 Å². The lowest BCUT2D eigenvalue weighted by Crippen LogP contribution is -2.16. The van der Waals surface area contributed by atoms with E-state index in [1.54, 1.807) is 0 Å². The number of rotatable bonds is 6. The average molecular weight is 466 g/mol. The molecule has 2 nitrogen and oxygen atoms in total. The molecular formula is C26H24ClO2P2+. The zero-order valence-corrected chi connectivity index (χ0v) is 19.6. The van der Waals surface area contributed by atoms with E-state index in [1.807, 2.05) is 121 Å². The third-order valence-electron chi connectivity index (χ3n) is 4.90. The van der Waals surface area contributed by atoms with Crippen LogP contribution in [-0.4, -0.2) is 5.62 Å². The van der Waals surface area contributed by atoms with Crippen molar-refractivity contribution in [2.45, 2.75) is 5.66 Å². The number of hydrogen-bond acceptors (Lipinski definition) is 2. The SMILES string of the molecule is O=P(CCl)(c1ccccc1)c1ccccc1.O=[PH+]C(c1ccccc1)c1ccccc1. The van der Waals surface area contributed by atoms with Gasteiger partial charge in [-0.2, -0.15) is 0 Å². The summed E-state index contributed by atoms with van der Waals surface area (Å²) >= 11 is 5.91. The third kappa shape index (κ3) is 6.02. The summed E-state index contributed by atoms with van der Waals surface area (Å²) in [5.41, 5.74) is 2.36. The number of benzene rings is 4. The number of hydrogen-bond donors (Lipinski definition) is 0. The van der Waals surface area contributed by atoms with E-state index in [2.05, 4.69) is 0 Å². The van der Waals surface area contributed by atoms with Gasteiger partial charge in [-0.15, -0.1) is 11.6 Å². The lowest BCUT2D eigenvalue weighted by Gasteiger charge is -2.15. The first-order chi connectivity index (χ1) is 15.2. The highest BCUT2D eigenvalue weighted by molar-refractivity contribution is 7.79. The minimum absolute atomic E-state index is 0.00685. The summed E-state index contributed by atoms with van der Waals surface area (Å²) in [5.74, 6) is 0. The largest absolute Gasteiger partial charge is 0.337 e. The maximum atomic E-state index is 12.9. The van der Waals surface area contributed by atoms with Crippen molar-refractivity contribution in [3.63, 3.8) is 0 Å². The maximum absolute atomic E-state index is 12.9. The lowest BCUT2D eigenvalue weighted by molar-refractivity contribution is 0.589. The highest BCUT2D eigenvalue weighted by Gasteiger charge is 2.25. The molecule has 0 spiro atoms. The molecule has 31 heavy (non-hydrogen) atoms. The van der Waals surface area contributed by atoms with Gasteiger partial charge in [0, 0.05) is 21.7 Å². The summed E-state index contributed by atoms with van der Waals surface area (Å²) in [5, 5.41) is 1.63. The molecule has 1 unspecified atom stereocenters. The molecule has 4 rings (SSSR count). The summed E-state index contributed by atoms with van der Waals surface area (Å²) in [6.07, 6.45) is 0. The minimum Gasteiger partial charge on any atom is -0.312 e. The molecule has 0 fully saturated rings. The molecule has 0 saturated heterocycles. The van der Waals surface area contributed by atoms with Crippen LogP contribution < -0.4 is 10.6 Å². The predicted molar refractivity (Wildman–Crippen MR) is 134 cm³/mol. The van der Waals surface area contributed by atoms with Crippen LogP contribution >= 0.6 is 27.2 Å². The summed E-state index contributed by atoms with van der Waals surface area (Å²) in [4.78, 5) is 0. The Bertz CT molecular complexity index is 1020. The fourth-order valence-corrected chi connectivity index (χ4v) is 6.61. The highest BCUT2D eigenvalue weighted by atomic mass is 35.5. The van der Waals surface area contributed by atoms with E-state index in [4.69, 9.17) is 11.6 Å². The molecule has 4 aromatic rings. The van der Waals surface area contributed by atoms with E-state index < -0.39 is 7.14 Å². The van der Waals surface area contributed by atoms with Gasteiger partial charge in [0.25, 0.3) is 0 Å². The minimum atomic E-state index is -2.64. The van der Waals surface area contributed by atoms with Crippen molar-refractivity contribution in [1.29, 1.82) is 0 Å². The molecule has 0 heterocycles. The molecular weight excluding hydrogens is 442 g/mol. The van der Waals surface area contributed by atoms with Gasteiger partial charge in [-0.25, -0.2) is 0 Å². The van der Waals surface area contributed by atoms with Crippen LogP contribution in [0.2, 0.25) is 0 Å². The first-order valence-corrected chi connectivity index (χ1v) is 13.3. The molecule has 0 bridgehead atoms. The topological polar surface area (TPSA) is 34.1 Å². The number of halogens is 1. The van der Waals surface area contributed by atoms with Crippen LogP contribution in [0.5, 0.6) is 0 Å². The zero-order valence-electron chi connectivity index (χ0n) is 17.0. The van der Waals surface area contributed by atoms with Gasteiger partial charge in [0.15, 0.2) is 7.14 Å². The van der Waals surface area contributed by atoms with Crippen LogP contribution in [0.1, 0.15) is 16.8 Å². The van der Waals surface area contributed by atoms with E-state index in [1.165, 1.54) is 0 Å². The van der Waals surface area contributed by atoms with Crippen LogP contribution in [0.3, 0.4) is 0 Å². The molecule has 5 heteroatoms. The summed E-state index contributed by atoms with van der Waals surface area (Å²) in [6.45, 7) is 0. The highest BCUT2D eigenvalue weighted by Crippen LogP contribution is 2.43. The fraction of sp³-hybridized carbons (Fsp3) is 0.0769. The van der Waals surface area contributed by atoms with Crippen molar-refractivity contribution < 1.29 is 9.13 Å². The molecule has 156 valence electrons. The summed E-state index contributed by atoms with van der Waals surface area (Å²) in [7, 11) is -2.99. The molecule has 0 aliphatic heterocycles. The molecule has 0 N–H and O–H groups in total. The Kier molecular flexibility index (Phi) is 8.80. The van der Waals surface area contributed by atoms with Gasteiger partial charge in [0.2, 0.25) is 5.66 Å². The lowest BCUT2D eigenvalue weighted by atomic mass is 10.0. The van der Waals surface area contributed by atoms with Gasteiger partial charge in [0.1, 0.15) is 0 Å². The molecule has 1 atom stereocenters. The Morgan fingerprint density at radius 3 is 1.23 bits per heavy atom. The van der Waals surface area contributed by atoms with Gasteiger partial charge in [-0.05, 0) is 0 Å². The second kappa shape index (κ2) is 11.8. The molecule has 0 aromatic heterocycles. The molecule has 0 radical (unpaired) electrons. The molecule has 4 aromatic carbocycles. The van der Waals surface area contributed by atoms with E-state index in [0.717, 1.165) is 21.7 Å². The fourth-order valence-electron chi connectivity index (χ4n) is 3.24. The van der Waals surface area contributed by atoms with Crippen molar-refractivity contribution in [3.05, 3.63) is 132 Å². The first kappa shape index (κ1) is 23.2. The van der Waals surface area contributed by atoms with Gasteiger partial charge in [0.05, 0.1) is 5.62 Å². The molecule has 0 saturated carbocycles. The molecule has 0 aliphatic carbocycles. The second-order valence-electron chi connectivity index (χ2n) is 6.90. The van der Waals surface area contributed by atoms with Crippen molar-refractivity contribution >= 4 is 37.8 Å². The summed E-state index contributed by atoms with van der Waals surface area (Å²) < 4.78 is 24.1. The van der Waals surface area contributed by atoms with Gasteiger partial charge >= 0.3 is 8.46 Å². The molecule has 0 aliphatic rings. The van der Waals surface area contributed by atoms with Gasteiger partial charge < -0.3 is 4.57 Å². The zero-order chi connectivity index (χ0) is 21.9. The standard InChI is InChI=1S/C13H12ClOP.C13H11OP/c14-11-16(15,12-7-3-1-4-8-12)13-9-5-2-6-10-13;14-15-13(11-7-3-1-4-8-11)12-9-5-2-6-10-12/h1-10H,11H2;1-10,13H/p+1. The third-order valence-corrected chi connectivity index (χ3v) is 9.41. The average Bonchev–Trinajstić information content (AvgIpc) is 2.87. The van der Waals surface area contributed by atoms with Crippen LogP contribution in [-0.2, 0) is 9.13 Å². The quantitative estimate of drug-likeness (QED) is 0.227. The normalized spacial score (nSPS) is 11.0. The van der Waals surface area contributed by atoms with E-state index in [-0.39, 0.29) is 19.7 Å². The van der Waals surface area contributed by atoms with E-state index in [0.29, 0.717) is 0 Å². The van der Waals surface area contributed by atoms with Crippen molar-refractivity contribution in [2.24, 2.45) is 0 Å². The van der Waals surface area contributed by atoms with Crippen molar-refractivity contribution in [1.82, 2.24) is 0 Å². The van der Waals surface area contributed by atoms with Gasteiger partial charge in [-0.3, -0.25) is 0 Å². The monoisotopic (exact) mass is 465 g/mol. The van der Waals surface area contributed by atoms with E-state index >= 15 is 0 Å². The van der Waals surface area contributed by atoms with Crippen molar-refractivity contribution in [3.8, 4) is 0 Å². The smallest absolute Gasteiger partial charge is 0.312 e. The predicted octanol–water partition coefficient (Wildman–Crippen LogP) is 7.00. The van der Waals surface area contributed by atoms with Crippen LogP contribution in [0.15, 0.2) is 121 Å². The Morgan fingerprint density at radius 2 is 0.935 bits per heavy atom. The second-order valence-corrected chi connectivity index (χ2v) is 11.2.